The van der Waals surface area contributed by atoms with Crippen LogP contribution in [0.2, 0.25) is 0 Å². The first-order valence-electron chi connectivity index (χ1n) is 10.4. The minimum atomic E-state index is -0.632. The Kier molecular flexibility index (Phi) is 4.97. The maximum Gasteiger partial charge on any atom is 0.278 e. The van der Waals surface area contributed by atoms with Crippen molar-refractivity contribution in [1.29, 1.82) is 0 Å². The summed E-state index contributed by atoms with van der Waals surface area (Å²) in [6.45, 7) is 0.479. The van der Waals surface area contributed by atoms with Crippen LogP contribution < -0.4 is 10.4 Å². The molecule has 3 aromatic rings. The number of amides is 1. The van der Waals surface area contributed by atoms with Crippen LogP contribution >= 0.6 is 0 Å². The number of aryl methyl sites for hydroxylation is 1. The van der Waals surface area contributed by atoms with Crippen LogP contribution in [0.25, 0.3) is 0 Å². The van der Waals surface area contributed by atoms with E-state index < -0.39 is 29.1 Å². The number of benzene rings is 1. The van der Waals surface area contributed by atoms with Crippen molar-refractivity contribution >= 4 is 5.91 Å². The zero-order chi connectivity index (χ0) is 22.2. The average Bonchev–Trinajstić information content (AvgIpc) is 2.82. The van der Waals surface area contributed by atoms with E-state index in [-0.39, 0.29) is 12.4 Å². The number of hydrogen-bond acceptors (Lipinski definition) is 5. The summed E-state index contributed by atoms with van der Waals surface area (Å²) in [5, 5.41) is 12.3. The van der Waals surface area contributed by atoms with Gasteiger partial charge in [0, 0.05) is 18.8 Å². The van der Waals surface area contributed by atoms with Gasteiger partial charge in [0.1, 0.15) is 12.7 Å². The molecule has 32 heavy (non-hydrogen) atoms. The maximum absolute atomic E-state index is 14.2. The van der Waals surface area contributed by atoms with Crippen LogP contribution in [0.1, 0.15) is 39.8 Å². The Morgan fingerprint density at radius 3 is 2.72 bits per heavy atom. The third-order valence-electron chi connectivity index (χ3n) is 5.87. The number of aromatic nitrogens is 2. The fourth-order valence-electron chi connectivity index (χ4n) is 4.37. The number of hydrogen-bond donors (Lipinski definition) is 1. The van der Waals surface area contributed by atoms with Gasteiger partial charge in [-0.25, -0.2) is 4.98 Å². The van der Waals surface area contributed by atoms with E-state index in [4.69, 9.17) is 0 Å². The number of aromatic hydroxyl groups is 1. The van der Waals surface area contributed by atoms with Crippen LogP contribution in [0.15, 0.2) is 71.7 Å². The highest BCUT2D eigenvalue weighted by atomic mass is 19.1. The van der Waals surface area contributed by atoms with Gasteiger partial charge < -0.3 is 10.0 Å². The van der Waals surface area contributed by atoms with E-state index in [0.29, 0.717) is 12.2 Å². The molecule has 7 nitrogen and oxygen atoms in total. The third kappa shape index (κ3) is 3.33. The second kappa shape index (κ2) is 7.96. The molecule has 0 saturated carbocycles. The Bertz CT molecular complexity index is 1290. The van der Waals surface area contributed by atoms with Crippen LogP contribution in [-0.4, -0.2) is 38.8 Å². The summed E-state index contributed by atoms with van der Waals surface area (Å²) in [7, 11) is 0. The average molecular weight is 432 g/mol. The molecule has 4 heterocycles. The smallest absolute Gasteiger partial charge is 0.278 e. The summed E-state index contributed by atoms with van der Waals surface area (Å²) in [6, 6.07) is 13.2. The quantitative estimate of drug-likeness (QED) is 0.473. The fraction of sp³-hybridized carbons (Fsp3) is 0.208. The van der Waals surface area contributed by atoms with Gasteiger partial charge in [-0.1, -0.05) is 42.5 Å². The van der Waals surface area contributed by atoms with Gasteiger partial charge in [-0.3, -0.25) is 19.3 Å². The molecule has 0 radical (unpaired) electrons. The van der Waals surface area contributed by atoms with Gasteiger partial charge in [-0.2, -0.15) is 4.39 Å². The first-order valence-corrected chi connectivity index (χ1v) is 10.4. The molecule has 2 aliphatic rings. The van der Waals surface area contributed by atoms with Gasteiger partial charge in [0.15, 0.2) is 11.4 Å². The van der Waals surface area contributed by atoms with E-state index in [0.717, 1.165) is 24.0 Å². The largest absolute Gasteiger partial charge is 0.502 e. The summed E-state index contributed by atoms with van der Waals surface area (Å²) in [6.07, 6.45) is 6.94. The highest BCUT2D eigenvalue weighted by Gasteiger charge is 2.37. The van der Waals surface area contributed by atoms with Crippen molar-refractivity contribution in [1.82, 2.24) is 14.6 Å². The molecule has 8 heteroatoms. The lowest BCUT2D eigenvalue weighted by Gasteiger charge is -2.43. The maximum atomic E-state index is 14.2. The molecule has 1 atom stereocenters. The summed E-state index contributed by atoms with van der Waals surface area (Å²) in [4.78, 5) is 31.0. The fourth-order valence-corrected chi connectivity index (χ4v) is 4.37. The predicted molar refractivity (Wildman–Crippen MR) is 116 cm³/mol. The normalized spacial score (nSPS) is 19.0. The lowest BCUT2D eigenvalue weighted by Crippen LogP contribution is -2.55. The Labute approximate surface area is 183 Å². The van der Waals surface area contributed by atoms with Crippen LogP contribution in [-0.2, 0) is 6.42 Å². The van der Waals surface area contributed by atoms with E-state index in [1.165, 1.54) is 23.0 Å². The Morgan fingerprint density at radius 1 is 1.03 bits per heavy atom. The van der Waals surface area contributed by atoms with Crippen molar-refractivity contribution in [3.8, 4) is 5.75 Å². The molecular formula is C24H21FN4O3. The molecule has 2 aliphatic heterocycles. The molecule has 0 spiro atoms. The van der Waals surface area contributed by atoms with Crippen molar-refractivity contribution in [2.45, 2.75) is 18.9 Å². The monoisotopic (exact) mass is 432 g/mol. The minimum Gasteiger partial charge on any atom is -0.502 e. The van der Waals surface area contributed by atoms with Gasteiger partial charge in [-0.05, 0) is 36.1 Å². The molecule has 2 aromatic heterocycles. The molecule has 1 aromatic carbocycles. The second-order valence-corrected chi connectivity index (χ2v) is 7.83. The number of carbonyl (C=O) groups excluding carboxylic acids is 1. The van der Waals surface area contributed by atoms with Gasteiger partial charge in [0.2, 0.25) is 11.4 Å². The van der Waals surface area contributed by atoms with E-state index in [2.05, 4.69) is 4.98 Å². The number of pyridine rings is 2. The molecule has 1 N–H and O–H groups in total. The van der Waals surface area contributed by atoms with E-state index in [9.17, 15) is 19.1 Å². The topological polar surface area (TPSA) is 78.7 Å². The van der Waals surface area contributed by atoms with Crippen LogP contribution in [0.3, 0.4) is 0 Å². The lowest BCUT2D eigenvalue weighted by atomic mass is 9.94. The highest BCUT2D eigenvalue weighted by Crippen LogP contribution is 2.33. The van der Waals surface area contributed by atoms with Crippen molar-refractivity contribution in [3.05, 3.63) is 106 Å². The Balaban J connectivity index is 1.81. The predicted octanol–water partition coefficient (Wildman–Crippen LogP) is 2.73. The number of carbonyl (C=O) groups is 1. The van der Waals surface area contributed by atoms with Crippen LogP contribution in [0.5, 0.6) is 5.75 Å². The Morgan fingerprint density at radius 2 is 1.88 bits per heavy atom. The van der Waals surface area contributed by atoms with Gasteiger partial charge in [0.05, 0.1) is 5.69 Å². The number of fused-ring (bicyclic) bond motifs is 5. The molecule has 162 valence electrons. The SMILES string of the molecule is O=C1c2c(O)c(=O)ccn2N2CN1C/C=C/CCc1ccccc1[C@H]2c1cccc(F)n1. The zero-order valence-corrected chi connectivity index (χ0v) is 17.2. The minimum absolute atomic E-state index is 0.115. The third-order valence-corrected chi connectivity index (χ3v) is 5.87. The van der Waals surface area contributed by atoms with Crippen LogP contribution in [0, 0.1) is 5.95 Å². The van der Waals surface area contributed by atoms with E-state index in [1.54, 1.807) is 17.0 Å². The van der Waals surface area contributed by atoms with E-state index >= 15 is 0 Å². The lowest BCUT2D eigenvalue weighted by molar-refractivity contribution is 0.0700. The number of halogens is 1. The van der Waals surface area contributed by atoms with E-state index in [1.807, 2.05) is 41.4 Å². The standard InChI is InChI=1S/C24H21FN4O3/c25-20-11-6-10-18(26-20)21-17-9-4-3-8-16(17)7-2-1-5-13-27-15-29(21)28-14-12-19(30)23(31)22(28)24(27)32/h1,3-6,8-12,14,21,31H,2,7,13,15H2/b5-1+/t21-/m0/s1. The zero-order valence-electron chi connectivity index (χ0n) is 17.2. The highest BCUT2D eigenvalue weighted by molar-refractivity contribution is 5.96. The number of allylic oxidation sites excluding steroid dienone is 1. The summed E-state index contributed by atoms with van der Waals surface area (Å²) in [5.74, 6) is -1.66. The molecule has 0 aliphatic carbocycles. The van der Waals surface area contributed by atoms with Gasteiger partial charge in [0.25, 0.3) is 5.91 Å². The van der Waals surface area contributed by atoms with Crippen molar-refractivity contribution in [2.75, 3.05) is 18.2 Å². The summed E-state index contributed by atoms with van der Waals surface area (Å²) >= 11 is 0. The first-order chi connectivity index (χ1) is 15.5. The van der Waals surface area contributed by atoms with Gasteiger partial charge >= 0.3 is 0 Å². The van der Waals surface area contributed by atoms with Crippen molar-refractivity contribution in [2.24, 2.45) is 0 Å². The Hall–Kier alpha value is -3.94. The number of nitrogens with zero attached hydrogens (tertiary/aromatic N) is 4. The summed E-state index contributed by atoms with van der Waals surface area (Å²) < 4.78 is 15.7. The van der Waals surface area contributed by atoms with Crippen LogP contribution in [0.4, 0.5) is 4.39 Å². The van der Waals surface area contributed by atoms with Crippen molar-refractivity contribution in [3.63, 3.8) is 0 Å². The summed E-state index contributed by atoms with van der Waals surface area (Å²) in [5.41, 5.74) is 1.70. The van der Waals surface area contributed by atoms with Gasteiger partial charge in [-0.15, -0.1) is 0 Å². The molecule has 0 saturated heterocycles. The molecule has 5 rings (SSSR count). The first kappa shape index (κ1) is 20.0. The molecular weight excluding hydrogens is 411 g/mol. The number of rotatable bonds is 1. The molecule has 1 amide bonds. The molecule has 2 bridgehead atoms. The van der Waals surface area contributed by atoms with Crippen molar-refractivity contribution < 1.29 is 14.3 Å². The molecule has 0 unspecified atom stereocenters. The second-order valence-electron chi connectivity index (χ2n) is 7.83. The molecule has 0 fully saturated rings.